The van der Waals surface area contributed by atoms with Gasteiger partial charge in [0.05, 0.1) is 0 Å². The van der Waals surface area contributed by atoms with Crippen LogP contribution in [-0.4, -0.2) is 16.6 Å². The average molecular weight is 266 g/mol. The highest BCUT2D eigenvalue weighted by Gasteiger charge is 2.25. The molecule has 100 valence electrons. The van der Waals surface area contributed by atoms with Crippen molar-refractivity contribution in [3.8, 4) is 0 Å². The smallest absolute Gasteiger partial charge is 0.139 e. The Morgan fingerprint density at radius 1 is 1.28 bits per heavy atom. The number of nitrogens with zero attached hydrogens (tertiary/aromatic N) is 1. The molecule has 0 saturated carbocycles. The van der Waals surface area contributed by atoms with E-state index < -0.39 is 5.60 Å². The summed E-state index contributed by atoms with van der Waals surface area (Å²) in [5.41, 5.74) is 2.12. The minimum absolute atomic E-state index is 0.399. The summed E-state index contributed by atoms with van der Waals surface area (Å²) < 4.78 is 6.51. The average Bonchev–Trinajstić information content (AvgIpc) is 2.54. The van der Waals surface area contributed by atoms with E-state index in [0.717, 1.165) is 23.3 Å². The van der Waals surface area contributed by atoms with Crippen LogP contribution < -0.4 is 0 Å². The Kier molecular flexibility index (Phi) is 4.17. The lowest BCUT2D eigenvalue weighted by Crippen LogP contribution is -2.26. The van der Waals surface area contributed by atoms with E-state index in [4.69, 9.17) is 17.0 Å². The van der Waals surface area contributed by atoms with E-state index in [1.807, 2.05) is 20.8 Å². The molecule has 0 bridgehead atoms. The summed E-state index contributed by atoms with van der Waals surface area (Å²) in [6.45, 7) is 6.74. The van der Waals surface area contributed by atoms with Gasteiger partial charge in [-0.05, 0) is 46.5 Å². The number of fused-ring (bicyclic) bond motifs is 1. The number of hydrogen-bond acceptors (Lipinski definition) is 3. The zero-order valence-corrected chi connectivity index (χ0v) is 12.3. The van der Waals surface area contributed by atoms with Crippen LogP contribution in [0.25, 0.3) is 0 Å². The monoisotopic (exact) mass is 266 g/mol. The minimum atomic E-state index is -0.399. The van der Waals surface area contributed by atoms with Crippen LogP contribution >= 0.6 is 12.2 Å². The maximum Gasteiger partial charge on any atom is 0.139 e. The van der Waals surface area contributed by atoms with Gasteiger partial charge in [-0.15, -0.1) is 0 Å². The zero-order chi connectivity index (χ0) is 13.2. The lowest BCUT2D eigenvalue weighted by molar-refractivity contribution is -0.0210. The molecule has 0 aliphatic heterocycles. The van der Waals surface area contributed by atoms with Gasteiger partial charge in [0.2, 0.25) is 0 Å². The lowest BCUT2D eigenvalue weighted by atomic mass is 10.1. The van der Waals surface area contributed by atoms with Gasteiger partial charge in [0.15, 0.2) is 0 Å². The molecule has 18 heavy (non-hydrogen) atoms. The molecule has 1 N–H and O–H groups in total. The topological polar surface area (TPSA) is 37.9 Å². The Hall–Kier alpha value is -0.740. The predicted octanol–water partition coefficient (Wildman–Crippen LogP) is 3.68. The fourth-order valence-corrected chi connectivity index (χ4v) is 2.83. The maximum atomic E-state index is 5.75. The predicted molar refractivity (Wildman–Crippen MR) is 75.3 cm³/mol. The van der Waals surface area contributed by atoms with E-state index in [2.05, 4.69) is 9.97 Å². The molecule has 0 amide bonds. The van der Waals surface area contributed by atoms with Crippen molar-refractivity contribution in [3.05, 3.63) is 21.7 Å². The molecule has 0 atom stereocenters. The van der Waals surface area contributed by atoms with Crippen LogP contribution in [0.2, 0.25) is 0 Å². The molecule has 1 aliphatic rings. The Morgan fingerprint density at radius 2 is 2.00 bits per heavy atom. The maximum absolute atomic E-state index is 5.75. The third-order valence-electron chi connectivity index (χ3n) is 3.53. The number of aromatic nitrogens is 2. The van der Waals surface area contributed by atoms with Crippen molar-refractivity contribution in [2.24, 2.45) is 0 Å². The van der Waals surface area contributed by atoms with Crippen LogP contribution in [0.15, 0.2) is 0 Å². The number of H-pyrrole nitrogens is 1. The summed E-state index contributed by atoms with van der Waals surface area (Å²) >= 11 is 5.45. The summed E-state index contributed by atoms with van der Waals surface area (Å²) in [7, 11) is 0. The van der Waals surface area contributed by atoms with Gasteiger partial charge in [0.1, 0.15) is 16.1 Å². The third-order valence-corrected chi connectivity index (χ3v) is 3.87. The Labute approximate surface area is 114 Å². The first-order valence-electron chi connectivity index (χ1n) is 6.81. The van der Waals surface area contributed by atoms with Crippen LogP contribution in [0.5, 0.6) is 0 Å². The van der Waals surface area contributed by atoms with Crippen LogP contribution in [0.4, 0.5) is 0 Å². The largest absolute Gasteiger partial charge is 0.368 e. The first-order valence-corrected chi connectivity index (χ1v) is 7.22. The van der Waals surface area contributed by atoms with Crippen LogP contribution in [0.1, 0.15) is 57.1 Å². The molecule has 4 heteroatoms. The SMILES string of the molecule is CCOC(C)(C)c1nc(=S)c2c([nH]1)CCCCC2. The summed E-state index contributed by atoms with van der Waals surface area (Å²) in [6, 6.07) is 0. The molecule has 0 fully saturated rings. The van der Waals surface area contributed by atoms with Gasteiger partial charge >= 0.3 is 0 Å². The number of hydrogen-bond donors (Lipinski definition) is 1. The molecule has 0 spiro atoms. The summed E-state index contributed by atoms with van der Waals surface area (Å²) in [5, 5.41) is 0. The van der Waals surface area contributed by atoms with Gasteiger partial charge in [-0.2, -0.15) is 0 Å². The van der Waals surface area contributed by atoms with Crippen molar-refractivity contribution >= 4 is 12.2 Å². The van der Waals surface area contributed by atoms with Crippen molar-refractivity contribution in [2.45, 2.75) is 58.5 Å². The number of rotatable bonds is 3. The van der Waals surface area contributed by atoms with E-state index in [1.165, 1.54) is 30.5 Å². The normalized spacial score (nSPS) is 16.2. The van der Waals surface area contributed by atoms with Crippen molar-refractivity contribution in [3.63, 3.8) is 0 Å². The molecule has 1 aromatic heterocycles. The number of aromatic amines is 1. The standard InChI is InChI=1S/C14H22N2OS/c1-4-17-14(2,3)13-15-11-9-7-5-6-8-10(11)12(18)16-13/h4-9H2,1-3H3,(H,15,16,18). The fourth-order valence-electron chi connectivity index (χ4n) is 2.51. The highest BCUT2D eigenvalue weighted by Crippen LogP contribution is 2.25. The van der Waals surface area contributed by atoms with Crippen molar-refractivity contribution < 1.29 is 4.74 Å². The van der Waals surface area contributed by atoms with Crippen LogP contribution in [-0.2, 0) is 23.2 Å². The lowest BCUT2D eigenvalue weighted by Gasteiger charge is -2.24. The quantitative estimate of drug-likeness (QED) is 0.670. The van der Waals surface area contributed by atoms with Gasteiger partial charge in [-0.25, -0.2) is 4.98 Å². The Bertz CT molecular complexity index is 479. The molecule has 3 nitrogen and oxygen atoms in total. The van der Waals surface area contributed by atoms with Gasteiger partial charge in [0.25, 0.3) is 0 Å². The fraction of sp³-hybridized carbons (Fsp3) is 0.714. The minimum Gasteiger partial charge on any atom is -0.368 e. The van der Waals surface area contributed by atoms with E-state index in [-0.39, 0.29) is 0 Å². The highest BCUT2D eigenvalue weighted by atomic mass is 32.1. The molecular formula is C14H22N2OS. The molecule has 1 heterocycles. The number of ether oxygens (including phenoxy) is 1. The molecule has 2 rings (SSSR count). The second kappa shape index (κ2) is 5.49. The van der Waals surface area contributed by atoms with E-state index in [0.29, 0.717) is 6.61 Å². The van der Waals surface area contributed by atoms with Crippen LogP contribution in [0, 0.1) is 4.64 Å². The van der Waals surface area contributed by atoms with E-state index >= 15 is 0 Å². The number of nitrogens with one attached hydrogen (secondary N) is 1. The van der Waals surface area contributed by atoms with Gasteiger partial charge in [0, 0.05) is 17.9 Å². The van der Waals surface area contributed by atoms with E-state index in [1.54, 1.807) is 0 Å². The molecule has 1 aromatic rings. The summed E-state index contributed by atoms with van der Waals surface area (Å²) in [4.78, 5) is 8.02. The third kappa shape index (κ3) is 2.81. The second-order valence-electron chi connectivity index (χ2n) is 5.35. The summed E-state index contributed by atoms with van der Waals surface area (Å²) in [5.74, 6) is 0.856. The van der Waals surface area contributed by atoms with Gasteiger partial charge < -0.3 is 9.72 Å². The van der Waals surface area contributed by atoms with Crippen LogP contribution in [0.3, 0.4) is 0 Å². The second-order valence-corrected chi connectivity index (χ2v) is 5.74. The molecular weight excluding hydrogens is 244 g/mol. The Morgan fingerprint density at radius 3 is 2.72 bits per heavy atom. The number of aryl methyl sites for hydroxylation is 1. The van der Waals surface area contributed by atoms with Gasteiger partial charge in [-0.1, -0.05) is 18.6 Å². The molecule has 0 radical (unpaired) electrons. The first-order chi connectivity index (χ1) is 8.54. The van der Waals surface area contributed by atoms with E-state index in [9.17, 15) is 0 Å². The zero-order valence-electron chi connectivity index (χ0n) is 11.5. The van der Waals surface area contributed by atoms with Crippen molar-refractivity contribution in [1.29, 1.82) is 0 Å². The first kappa shape index (κ1) is 13.7. The molecule has 0 aromatic carbocycles. The van der Waals surface area contributed by atoms with Gasteiger partial charge in [-0.3, -0.25) is 0 Å². The van der Waals surface area contributed by atoms with Crippen molar-refractivity contribution in [2.75, 3.05) is 6.61 Å². The molecule has 0 saturated heterocycles. The summed E-state index contributed by atoms with van der Waals surface area (Å²) in [6.07, 6.45) is 5.88. The molecule has 0 unspecified atom stereocenters. The van der Waals surface area contributed by atoms with Crippen molar-refractivity contribution in [1.82, 2.24) is 9.97 Å². The Balaban J connectivity index is 2.43. The highest BCUT2D eigenvalue weighted by molar-refractivity contribution is 7.71. The molecule has 1 aliphatic carbocycles.